The highest BCUT2D eigenvalue weighted by molar-refractivity contribution is 5.26. The van der Waals surface area contributed by atoms with E-state index in [0.29, 0.717) is 23.7 Å². The second-order valence-electron chi connectivity index (χ2n) is 6.00. The van der Waals surface area contributed by atoms with Crippen LogP contribution in [0.25, 0.3) is 0 Å². The lowest BCUT2D eigenvalue weighted by Crippen LogP contribution is -2.37. The molecular formula is C15H20F2N4. The predicted molar refractivity (Wildman–Crippen MR) is 76.5 cm³/mol. The highest BCUT2D eigenvalue weighted by atomic mass is 19.1. The van der Waals surface area contributed by atoms with Crippen molar-refractivity contribution >= 4 is 0 Å². The number of aromatic nitrogens is 3. The highest BCUT2D eigenvalue weighted by Crippen LogP contribution is 2.24. The number of nitrogens with zero attached hydrogens (tertiary/aromatic N) is 3. The standard InChI is InChI=1S/C15H20F2N4/c1-10(2)8-21-14(19-9-20-21)7-15(3,18)11-4-12(16)6-13(17)5-11/h4-6,9-10H,7-8,18H2,1-3H3. The van der Waals surface area contributed by atoms with Gasteiger partial charge in [0.05, 0.1) is 0 Å². The summed E-state index contributed by atoms with van der Waals surface area (Å²) in [6.07, 6.45) is 1.82. The third-order valence-electron chi connectivity index (χ3n) is 3.28. The molecule has 0 aliphatic carbocycles. The van der Waals surface area contributed by atoms with E-state index in [0.717, 1.165) is 12.6 Å². The van der Waals surface area contributed by atoms with Gasteiger partial charge in [0.15, 0.2) is 0 Å². The van der Waals surface area contributed by atoms with Crippen LogP contribution in [0, 0.1) is 17.6 Å². The number of benzene rings is 1. The monoisotopic (exact) mass is 294 g/mol. The van der Waals surface area contributed by atoms with E-state index < -0.39 is 17.2 Å². The van der Waals surface area contributed by atoms with Crippen LogP contribution in [0.15, 0.2) is 24.5 Å². The molecule has 0 saturated carbocycles. The van der Waals surface area contributed by atoms with Crippen LogP contribution in [0.5, 0.6) is 0 Å². The molecule has 114 valence electrons. The van der Waals surface area contributed by atoms with E-state index in [2.05, 4.69) is 23.9 Å². The van der Waals surface area contributed by atoms with Gasteiger partial charge in [0.25, 0.3) is 0 Å². The molecule has 1 heterocycles. The van der Waals surface area contributed by atoms with Gasteiger partial charge in [-0.3, -0.25) is 0 Å². The molecule has 1 unspecified atom stereocenters. The number of hydrogen-bond acceptors (Lipinski definition) is 3. The first-order valence-electron chi connectivity index (χ1n) is 6.90. The van der Waals surface area contributed by atoms with E-state index in [-0.39, 0.29) is 0 Å². The zero-order chi connectivity index (χ0) is 15.6. The van der Waals surface area contributed by atoms with Crippen LogP contribution in [0.2, 0.25) is 0 Å². The van der Waals surface area contributed by atoms with Gasteiger partial charge in [-0.1, -0.05) is 13.8 Å². The van der Waals surface area contributed by atoms with E-state index >= 15 is 0 Å². The minimum Gasteiger partial charge on any atom is -0.321 e. The summed E-state index contributed by atoms with van der Waals surface area (Å²) in [5, 5.41) is 4.17. The van der Waals surface area contributed by atoms with Crippen LogP contribution in [-0.2, 0) is 18.5 Å². The van der Waals surface area contributed by atoms with Gasteiger partial charge in [0.2, 0.25) is 0 Å². The molecule has 21 heavy (non-hydrogen) atoms. The van der Waals surface area contributed by atoms with Gasteiger partial charge in [-0.25, -0.2) is 18.4 Å². The van der Waals surface area contributed by atoms with E-state index in [1.807, 2.05) is 0 Å². The molecule has 0 aliphatic heterocycles. The highest BCUT2D eigenvalue weighted by Gasteiger charge is 2.26. The summed E-state index contributed by atoms with van der Waals surface area (Å²) >= 11 is 0. The molecule has 1 aromatic carbocycles. The molecule has 1 atom stereocenters. The van der Waals surface area contributed by atoms with Crippen molar-refractivity contribution in [1.82, 2.24) is 14.8 Å². The third-order valence-corrected chi connectivity index (χ3v) is 3.28. The van der Waals surface area contributed by atoms with Crippen LogP contribution >= 0.6 is 0 Å². The Hall–Kier alpha value is -1.82. The van der Waals surface area contributed by atoms with Crippen LogP contribution < -0.4 is 5.73 Å². The number of nitrogens with two attached hydrogens (primary N) is 1. The average molecular weight is 294 g/mol. The minimum atomic E-state index is -0.926. The van der Waals surface area contributed by atoms with Gasteiger partial charge in [-0.15, -0.1) is 0 Å². The third kappa shape index (κ3) is 3.85. The molecule has 0 spiro atoms. The Morgan fingerprint density at radius 1 is 1.24 bits per heavy atom. The fourth-order valence-electron chi connectivity index (χ4n) is 2.24. The van der Waals surface area contributed by atoms with E-state index in [1.165, 1.54) is 18.5 Å². The Morgan fingerprint density at radius 3 is 2.43 bits per heavy atom. The van der Waals surface area contributed by atoms with Crippen molar-refractivity contribution in [2.75, 3.05) is 0 Å². The summed E-state index contributed by atoms with van der Waals surface area (Å²) in [7, 11) is 0. The van der Waals surface area contributed by atoms with Crippen molar-refractivity contribution in [2.45, 2.75) is 39.3 Å². The summed E-state index contributed by atoms with van der Waals surface area (Å²) in [6, 6.07) is 3.35. The summed E-state index contributed by atoms with van der Waals surface area (Å²) in [6.45, 7) is 6.61. The Labute approximate surface area is 123 Å². The Bertz CT molecular complexity index is 600. The Kier molecular flexibility index (Phi) is 4.37. The van der Waals surface area contributed by atoms with Crippen molar-refractivity contribution in [3.8, 4) is 0 Å². The van der Waals surface area contributed by atoms with E-state index in [9.17, 15) is 8.78 Å². The second-order valence-corrected chi connectivity index (χ2v) is 6.00. The maximum absolute atomic E-state index is 13.4. The van der Waals surface area contributed by atoms with Crippen molar-refractivity contribution in [1.29, 1.82) is 0 Å². The SMILES string of the molecule is CC(C)Cn1ncnc1CC(C)(N)c1cc(F)cc(F)c1. The van der Waals surface area contributed by atoms with Crippen molar-refractivity contribution in [3.05, 3.63) is 47.5 Å². The molecule has 6 heteroatoms. The average Bonchev–Trinajstić information content (AvgIpc) is 2.73. The maximum atomic E-state index is 13.4. The largest absolute Gasteiger partial charge is 0.321 e. The summed E-state index contributed by atoms with van der Waals surface area (Å²) in [5.74, 6) is -0.143. The van der Waals surface area contributed by atoms with Crippen LogP contribution in [0.4, 0.5) is 8.78 Å². The van der Waals surface area contributed by atoms with Crippen molar-refractivity contribution in [3.63, 3.8) is 0 Å². The van der Waals surface area contributed by atoms with E-state index in [4.69, 9.17) is 5.73 Å². The van der Waals surface area contributed by atoms with Gasteiger partial charge >= 0.3 is 0 Å². The molecule has 0 aliphatic rings. The summed E-state index contributed by atoms with van der Waals surface area (Å²) < 4.78 is 28.5. The van der Waals surface area contributed by atoms with Gasteiger partial charge in [0.1, 0.15) is 23.8 Å². The summed E-state index contributed by atoms with van der Waals surface area (Å²) in [5.41, 5.74) is 5.73. The Balaban J connectivity index is 2.26. The normalized spacial score (nSPS) is 14.4. The van der Waals surface area contributed by atoms with Crippen molar-refractivity contribution < 1.29 is 8.78 Å². The zero-order valence-corrected chi connectivity index (χ0v) is 12.5. The predicted octanol–water partition coefficient (Wildman–Crippen LogP) is 2.63. The molecule has 0 radical (unpaired) electrons. The van der Waals surface area contributed by atoms with E-state index in [1.54, 1.807) is 11.6 Å². The molecule has 0 fully saturated rings. The minimum absolute atomic E-state index is 0.350. The van der Waals surface area contributed by atoms with Gasteiger partial charge in [0, 0.05) is 24.6 Å². The lowest BCUT2D eigenvalue weighted by atomic mass is 9.89. The lowest BCUT2D eigenvalue weighted by Gasteiger charge is -2.25. The second kappa shape index (κ2) is 5.89. The molecule has 0 saturated heterocycles. The molecule has 0 amide bonds. The molecule has 0 bridgehead atoms. The smallest absolute Gasteiger partial charge is 0.138 e. The molecule has 2 aromatic rings. The first-order valence-corrected chi connectivity index (χ1v) is 6.90. The van der Waals surface area contributed by atoms with Crippen LogP contribution in [0.1, 0.15) is 32.2 Å². The fourth-order valence-corrected chi connectivity index (χ4v) is 2.24. The first kappa shape index (κ1) is 15.6. The quantitative estimate of drug-likeness (QED) is 0.922. The molecule has 1 aromatic heterocycles. The number of hydrogen-bond donors (Lipinski definition) is 1. The maximum Gasteiger partial charge on any atom is 0.138 e. The molecular weight excluding hydrogens is 274 g/mol. The van der Waals surface area contributed by atoms with Gasteiger partial charge in [-0.2, -0.15) is 5.10 Å². The van der Waals surface area contributed by atoms with Crippen LogP contribution in [-0.4, -0.2) is 14.8 Å². The zero-order valence-electron chi connectivity index (χ0n) is 12.5. The lowest BCUT2D eigenvalue weighted by molar-refractivity contribution is 0.419. The van der Waals surface area contributed by atoms with Gasteiger partial charge < -0.3 is 5.73 Å². The summed E-state index contributed by atoms with van der Waals surface area (Å²) in [4.78, 5) is 4.21. The number of halogens is 2. The van der Waals surface area contributed by atoms with Gasteiger partial charge in [-0.05, 0) is 30.5 Å². The topological polar surface area (TPSA) is 56.7 Å². The van der Waals surface area contributed by atoms with Crippen LogP contribution in [0.3, 0.4) is 0 Å². The number of rotatable bonds is 5. The molecule has 2 rings (SSSR count). The molecule has 2 N–H and O–H groups in total. The molecule has 4 nitrogen and oxygen atoms in total. The fraction of sp³-hybridized carbons (Fsp3) is 0.467. The Morgan fingerprint density at radius 2 is 1.86 bits per heavy atom. The van der Waals surface area contributed by atoms with Crippen molar-refractivity contribution in [2.24, 2.45) is 11.7 Å². The first-order chi connectivity index (χ1) is 9.78.